The molecule has 8 N–H and O–H groups in total. The van der Waals surface area contributed by atoms with Gasteiger partial charge in [-0.3, -0.25) is 0 Å². The van der Waals surface area contributed by atoms with Gasteiger partial charge >= 0.3 is 0 Å². The van der Waals surface area contributed by atoms with Crippen molar-refractivity contribution in [3.8, 4) is 5.75 Å². The highest BCUT2D eigenvalue weighted by Gasteiger charge is 2.19. The molecule has 2 aromatic rings. The van der Waals surface area contributed by atoms with Gasteiger partial charge in [0.15, 0.2) is 0 Å². The van der Waals surface area contributed by atoms with Crippen LogP contribution in [0.3, 0.4) is 0 Å². The van der Waals surface area contributed by atoms with Crippen LogP contribution in [0.4, 0.5) is 5.82 Å². The van der Waals surface area contributed by atoms with Gasteiger partial charge in [-0.2, -0.15) is 0 Å². The molecule has 0 amide bonds. The van der Waals surface area contributed by atoms with Gasteiger partial charge in [-0.15, -0.1) is 0 Å². The Balaban J connectivity index is 0.000000311. The smallest absolute Gasteiger partial charge is 0.132 e. The van der Waals surface area contributed by atoms with Gasteiger partial charge in [-0.25, -0.2) is 9.97 Å². The maximum absolute atomic E-state index is 10.00. The van der Waals surface area contributed by atoms with E-state index < -0.39 is 0 Å². The minimum absolute atomic E-state index is 0.137. The van der Waals surface area contributed by atoms with Crippen molar-refractivity contribution in [3.63, 3.8) is 0 Å². The lowest BCUT2D eigenvalue weighted by molar-refractivity contribution is 0.287. The molecule has 1 saturated heterocycles. The number of piperazine rings is 1. The number of rotatable bonds is 5. The second-order valence-corrected chi connectivity index (χ2v) is 10.00. The van der Waals surface area contributed by atoms with Crippen LogP contribution < -0.4 is 27.4 Å². The molecule has 1 fully saturated rings. The summed E-state index contributed by atoms with van der Waals surface area (Å²) in [7, 11) is 0. The Labute approximate surface area is 240 Å². The van der Waals surface area contributed by atoms with Gasteiger partial charge in [0.05, 0.1) is 5.70 Å². The lowest BCUT2D eigenvalue weighted by atomic mass is 9.91. The molecular formula is C31H50N8O. The largest absolute Gasteiger partial charge is 0.507 e. The van der Waals surface area contributed by atoms with E-state index in [0.717, 1.165) is 63.8 Å². The first-order chi connectivity index (χ1) is 19.3. The zero-order valence-corrected chi connectivity index (χ0v) is 25.0. The van der Waals surface area contributed by atoms with Crippen molar-refractivity contribution < 1.29 is 5.11 Å². The van der Waals surface area contributed by atoms with Crippen molar-refractivity contribution in [2.24, 2.45) is 29.0 Å². The van der Waals surface area contributed by atoms with Crippen LogP contribution in [0.1, 0.15) is 51.9 Å². The maximum Gasteiger partial charge on any atom is 0.132 e. The van der Waals surface area contributed by atoms with Crippen LogP contribution in [0.5, 0.6) is 5.75 Å². The lowest BCUT2D eigenvalue weighted by Gasteiger charge is -2.31. The van der Waals surface area contributed by atoms with Crippen molar-refractivity contribution in [2.75, 3.05) is 44.2 Å². The molecule has 1 aromatic carbocycles. The number of aryl methyl sites for hydroxylation is 1. The fraction of sp³-hybridized carbons (Fsp3) is 0.484. The normalized spacial score (nSPS) is 20.1. The number of benzene rings is 1. The Morgan fingerprint density at radius 2 is 1.82 bits per heavy atom. The number of nitrogens with two attached hydrogens (primary N) is 3. The van der Waals surface area contributed by atoms with E-state index in [2.05, 4.69) is 51.1 Å². The second-order valence-electron chi connectivity index (χ2n) is 10.00. The molecule has 3 heterocycles. The van der Waals surface area contributed by atoms with Crippen molar-refractivity contribution in [1.29, 1.82) is 0 Å². The van der Waals surface area contributed by atoms with Crippen LogP contribution in [0.25, 0.3) is 5.70 Å². The minimum Gasteiger partial charge on any atom is -0.507 e. The van der Waals surface area contributed by atoms with Crippen molar-refractivity contribution >= 4 is 11.5 Å². The first-order valence-corrected chi connectivity index (χ1v) is 14.5. The van der Waals surface area contributed by atoms with Gasteiger partial charge in [0, 0.05) is 56.7 Å². The molecule has 9 heteroatoms. The molecule has 0 spiro atoms. The third-order valence-electron chi connectivity index (χ3n) is 6.84. The third-order valence-corrected chi connectivity index (χ3v) is 6.84. The number of allylic oxidation sites excluding steroid dienone is 2. The van der Waals surface area contributed by atoms with E-state index in [-0.39, 0.29) is 11.6 Å². The van der Waals surface area contributed by atoms with Crippen LogP contribution in [0.15, 0.2) is 66.3 Å². The highest BCUT2D eigenvalue weighted by atomic mass is 16.3. The summed E-state index contributed by atoms with van der Waals surface area (Å²) in [5.74, 6) is 3.40. The molecule has 40 heavy (non-hydrogen) atoms. The second kappa shape index (κ2) is 17.1. The van der Waals surface area contributed by atoms with Gasteiger partial charge in [-0.1, -0.05) is 52.0 Å². The number of phenolic OH excluding ortho intramolecular Hbond substituents is 1. The van der Waals surface area contributed by atoms with Gasteiger partial charge in [-0.05, 0) is 55.9 Å². The summed E-state index contributed by atoms with van der Waals surface area (Å²) in [5.41, 5.74) is 19.8. The zero-order valence-electron chi connectivity index (χ0n) is 25.0. The fourth-order valence-electron chi connectivity index (χ4n) is 4.81. The Morgan fingerprint density at radius 1 is 1.12 bits per heavy atom. The number of anilines is 1. The van der Waals surface area contributed by atoms with E-state index in [9.17, 15) is 5.11 Å². The molecule has 220 valence electrons. The monoisotopic (exact) mass is 550 g/mol. The molecule has 4 rings (SSSR count). The molecule has 1 aromatic heterocycles. The molecule has 2 aliphatic rings. The summed E-state index contributed by atoms with van der Waals surface area (Å²) in [6.07, 6.45) is 10.3. The van der Waals surface area contributed by atoms with E-state index >= 15 is 0 Å². The SMILES string of the molecule is CC.CCC1/C=C\CN(C(/C=C(\N)c2ccccc2O)=C(N)N)C[C@@H](C)C1.Cc1nccc(N2CCNCC2)n1. The number of para-hydroxylation sites is 1. The van der Waals surface area contributed by atoms with Gasteiger partial charge in [0.1, 0.15) is 23.2 Å². The quantitative estimate of drug-likeness (QED) is 0.276. The van der Waals surface area contributed by atoms with Gasteiger partial charge in [0.25, 0.3) is 0 Å². The molecule has 1 unspecified atom stereocenters. The highest BCUT2D eigenvalue weighted by Crippen LogP contribution is 2.26. The van der Waals surface area contributed by atoms with Crippen LogP contribution in [-0.4, -0.2) is 59.2 Å². The first kappa shape index (κ1) is 32.5. The number of phenols is 1. The van der Waals surface area contributed by atoms with Crippen LogP contribution >= 0.6 is 0 Å². The van der Waals surface area contributed by atoms with Crippen LogP contribution in [0.2, 0.25) is 0 Å². The van der Waals surface area contributed by atoms with Crippen LogP contribution in [0, 0.1) is 18.8 Å². The Kier molecular flexibility index (Phi) is 13.9. The molecule has 2 aliphatic heterocycles. The molecule has 0 radical (unpaired) electrons. The third kappa shape index (κ3) is 10.1. The summed E-state index contributed by atoms with van der Waals surface area (Å²) < 4.78 is 0. The van der Waals surface area contributed by atoms with Gasteiger partial charge in [0.2, 0.25) is 0 Å². The zero-order chi connectivity index (χ0) is 29.5. The average Bonchev–Trinajstić information content (AvgIpc) is 2.95. The first-order valence-electron chi connectivity index (χ1n) is 14.5. The Hall–Kier alpha value is -3.72. The summed E-state index contributed by atoms with van der Waals surface area (Å²) in [6, 6.07) is 8.94. The average molecular weight is 551 g/mol. The molecule has 0 saturated carbocycles. The van der Waals surface area contributed by atoms with E-state index in [0.29, 0.717) is 28.8 Å². The molecular weight excluding hydrogens is 500 g/mol. The Bertz CT molecular complexity index is 1120. The van der Waals surface area contributed by atoms with E-state index in [1.165, 1.54) is 0 Å². The van der Waals surface area contributed by atoms with E-state index in [1.807, 2.05) is 39.1 Å². The number of aromatic nitrogens is 2. The molecule has 0 bridgehead atoms. The summed E-state index contributed by atoms with van der Waals surface area (Å²) in [4.78, 5) is 12.9. The molecule has 0 aliphatic carbocycles. The lowest BCUT2D eigenvalue weighted by Crippen LogP contribution is -2.43. The topological polar surface area (TPSA) is 143 Å². The fourth-order valence-corrected chi connectivity index (χ4v) is 4.81. The van der Waals surface area contributed by atoms with Crippen molar-refractivity contribution in [2.45, 2.75) is 47.5 Å². The molecule has 9 nitrogen and oxygen atoms in total. The van der Waals surface area contributed by atoms with E-state index in [1.54, 1.807) is 24.3 Å². The van der Waals surface area contributed by atoms with Crippen molar-refractivity contribution in [3.05, 3.63) is 77.7 Å². The number of nitrogens with one attached hydrogen (secondary N) is 1. The predicted octanol–water partition coefficient (Wildman–Crippen LogP) is 3.92. The number of nitrogens with zero attached hydrogens (tertiary/aromatic N) is 4. The maximum atomic E-state index is 10.00. The molecule has 2 atom stereocenters. The standard InChI is InChI=1S/C20H30N4O.C9H14N4.C2H6/c1-3-15-7-6-10-24(13-14(2)11-15)18(20(22)23)12-17(21)16-8-4-5-9-19(16)25;1-8-11-3-2-9(12-8)13-6-4-10-5-7-13;1-2/h4-9,12,14-15,25H,3,10-11,13,21-23H2,1-2H3;2-3,10H,4-7H2,1H3;1-2H3/b7-6-,17-12-;;/t14-,15?;;/m0../s1. The number of aromatic hydroxyl groups is 1. The van der Waals surface area contributed by atoms with Crippen LogP contribution in [-0.2, 0) is 0 Å². The van der Waals surface area contributed by atoms with Gasteiger partial charge < -0.3 is 37.4 Å². The summed E-state index contributed by atoms with van der Waals surface area (Å²) in [5, 5.41) is 13.3. The summed E-state index contributed by atoms with van der Waals surface area (Å²) >= 11 is 0. The minimum atomic E-state index is 0.137. The van der Waals surface area contributed by atoms with Crippen molar-refractivity contribution in [1.82, 2.24) is 20.2 Å². The van der Waals surface area contributed by atoms with E-state index in [4.69, 9.17) is 17.2 Å². The Morgan fingerprint density at radius 3 is 2.45 bits per heavy atom. The number of hydrogen-bond donors (Lipinski definition) is 5. The highest BCUT2D eigenvalue weighted by molar-refractivity contribution is 5.69. The summed E-state index contributed by atoms with van der Waals surface area (Å²) in [6.45, 7) is 16.2. The predicted molar refractivity (Wildman–Crippen MR) is 167 cm³/mol. The number of hydrogen-bond acceptors (Lipinski definition) is 9.